The molecule has 0 bridgehead atoms. The molecule has 18 heavy (non-hydrogen) atoms. The second-order valence-corrected chi connectivity index (χ2v) is 5.23. The van der Waals surface area contributed by atoms with Crippen molar-refractivity contribution in [3.63, 3.8) is 0 Å². The highest BCUT2D eigenvalue weighted by Crippen LogP contribution is 2.42. The van der Waals surface area contributed by atoms with E-state index in [-0.39, 0.29) is 29.6 Å². The Hall–Kier alpha value is -0.780. The second-order valence-electron chi connectivity index (χ2n) is 4.38. The van der Waals surface area contributed by atoms with E-state index < -0.39 is 12.0 Å². The molecule has 100 valence electrons. The number of carbonyl (C=O) groups is 1. The lowest BCUT2D eigenvalue weighted by Gasteiger charge is -2.32. The summed E-state index contributed by atoms with van der Waals surface area (Å²) in [5, 5.41) is 19.1. The number of hydrogen-bond donors (Lipinski definition) is 3. The van der Waals surface area contributed by atoms with Crippen molar-refractivity contribution in [3.05, 3.63) is 27.7 Å². The Labute approximate surface area is 120 Å². The number of carboxylic acids is 1. The van der Waals surface area contributed by atoms with Crippen LogP contribution in [-0.4, -0.2) is 16.2 Å². The molecule has 0 radical (unpaired) electrons. The van der Waals surface area contributed by atoms with Gasteiger partial charge in [-0.1, -0.05) is 6.42 Å². The van der Waals surface area contributed by atoms with Crippen molar-refractivity contribution in [2.75, 3.05) is 0 Å². The molecule has 1 aromatic rings. The zero-order valence-electron chi connectivity index (χ0n) is 9.60. The number of phenols is 1. The number of benzene rings is 1. The van der Waals surface area contributed by atoms with Gasteiger partial charge in [0.05, 0.1) is 10.0 Å². The largest absolute Gasteiger partial charge is 0.506 e. The maximum atomic E-state index is 11.1. The molecule has 0 spiro atoms. The van der Waals surface area contributed by atoms with Gasteiger partial charge < -0.3 is 15.9 Å². The fraction of sp³-hybridized carbons (Fsp3) is 0.417. The SMILES string of the molecule is Cl.N[C@H](c1c(C(=O)O)ccc(Br)c1O)C1CCC1. The first kappa shape index (κ1) is 15.3. The minimum Gasteiger partial charge on any atom is -0.506 e. The Balaban J connectivity index is 0.00000162. The van der Waals surface area contributed by atoms with Crippen LogP contribution in [-0.2, 0) is 0 Å². The van der Waals surface area contributed by atoms with Crippen molar-refractivity contribution in [2.24, 2.45) is 11.7 Å². The molecule has 0 saturated heterocycles. The molecule has 1 atom stereocenters. The minimum atomic E-state index is -1.06. The highest BCUT2D eigenvalue weighted by atomic mass is 79.9. The van der Waals surface area contributed by atoms with Crippen LogP contribution in [0, 0.1) is 5.92 Å². The van der Waals surface area contributed by atoms with E-state index in [4.69, 9.17) is 10.8 Å². The molecule has 1 aliphatic rings. The molecule has 0 unspecified atom stereocenters. The Morgan fingerprint density at radius 2 is 2.06 bits per heavy atom. The third-order valence-electron chi connectivity index (χ3n) is 3.39. The number of nitrogens with two attached hydrogens (primary N) is 1. The topological polar surface area (TPSA) is 83.6 Å². The average molecular weight is 337 g/mol. The van der Waals surface area contributed by atoms with Crippen LogP contribution < -0.4 is 5.73 Å². The summed E-state index contributed by atoms with van der Waals surface area (Å²) in [4.78, 5) is 11.1. The van der Waals surface area contributed by atoms with Crippen LogP contribution in [0.3, 0.4) is 0 Å². The van der Waals surface area contributed by atoms with Crippen LogP contribution in [0.15, 0.2) is 16.6 Å². The molecule has 1 saturated carbocycles. The van der Waals surface area contributed by atoms with Crippen LogP contribution in [0.2, 0.25) is 0 Å². The van der Waals surface area contributed by atoms with E-state index >= 15 is 0 Å². The number of aromatic carboxylic acids is 1. The van der Waals surface area contributed by atoms with Gasteiger partial charge in [-0.2, -0.15) is 0 Å². The van der Waals surface area contributed by atoms with E-state index in [1.54, 1.807) is 0 Å². The molecule has 6 heteroatoms. The maximum absolute atomic E-state index is 11.1. The van der Waals surface area contributed by atoms with E-state index in [0.717, 1.165) is 19.3 Å². The van der Waals surface area contributed by atoms with Crippen LogP contribution in [0.1, 0.15) is 41.2 Å². The van der Waals surface area contributed by atoms with Gasteiger partial charge in [-0.25, -0.2) is 4.79 Å². The lowest BCUT2D eigenvalue weighted by Crippen LogP contribution is -2.28. The smallest absolute Gasteiger partial charge is 0.336 e. The molecule has 1 aromatic carbocycles. The van der Waals surface area contributed by atoms with E-state index in [2.05, 4.69) is 15.9 Å². The van der Waals surface area contributed by atoms with Gasteiger partial charge in [0.2, 0.25) is 0 Å². The summed E-state index contributed by atoms with van der Waals surface area (Å²) >= 11 is 3.19. The van der Waals surface area contributed by atoms with Crippen LogP contribution >= 0.6 is 28.3 Å². The molecule has 4 N–H and O–H groups in total. The van der Waals surface area contributed by atoms with Gasteiger partial charge in [-0.05, 0) is 46.8 Å². The lowest BCUT2D eigenvalue weighted by molar-refractivity contribution is 0.0693. The summed E-state index contributed by atoms with van der Waals surface area (Å²) in [6.07, 6.45) is 3.11. The number of hydrogen-bond acceptors (Lipinski definition) is 3. The summed E-state index contributed by atoms with van der Waals surface area (Å²) in [7, 11) is 0. The Morgan fingerprint density at radius 3 is 2.50 bits per heavy atom. The van der Waals surface area contributed by atoms with Gasteiger partial charge in [0.1, 0.15) is 5.75 Å². The molecular formula is C12H15BrClNO3. The van der Waals surface area contributed by atoms with Crippen LogP contribution in [0.5, 0.6) is 5.75 Å². The molecule has 0 heterocycles. The fourth-order valence-corrected chi connectivity index (χ4v) is 2.49. The van der Waals surface area contributed by atoms with Crippen molar-refractivity contribution in [1.29, 1.82) is 0 Å². The van der Waals surface area contributed by atoms with Crippen LogP contribution in [0.4, 0.5) is 0 Å². The van der Waals surface area contributed by atoms with Crippen molar-refractivity contribution in [2.45, 2.75) is 25.3 Å². The first-order valence-corrected chi connectivity index (χ1v) is 6.32. The number of aromatic hydroxyl groups is 1. The normalized spacial score (nSPS) is 16.6. The van der Waals surface area contributed by atoms with Crippen molar-refractivity contribution in [3.8, 4) is 5.75 Å². The number of carboxylic acid groups (broad SMARTS) is 1. The zero-order chi connectivity index (χ0) is 12.6. The van der Waals surface area contributed by atoms with Crippen LogP contribution in [0.25, 0.3) is 0 Å². The lowest BCUT2D eigenvalue weighted by atomic mass is 9.76. The summed E-state index contributed by atoms with van der Waals surface area (Å²) in [5.74, 6) is -0.838. The third-order valence-corrected chi connectivity index (χ3v) is 4.03. The maximum Gasteiger partial charge on any atom is 0.336 e. The molecule has 1 aliphatic carbocycles. The summed E-state index contributed by atoms with van der Waals surface area (Å²) in [5.41, 5.74) is 6.50. The number of phenolic OH excluding ortho intramolecular Hbond substituents is 1. The highest BCUT2D eigenvalue weighted by Gasteiger charge is 2.31. The molecule has 1 fully saturated rings. The van der Waals surface area contributed by atoms with E-state index in [1.165, 1.54) is 12.1 Å². The van der Waals surface area contributed by atoms with Crippen molar-refractivity contribution in [1.82, 2.24) is 0 Å². The first-order chi connectivity index (χ1) is 8.02. The quantitative estimate of drug-likeness (QED) is 0.792. The molecule has 2 rings (SSSR count). The van der Waals surface area contributed by atoms with E-state index in [0.29, 0.717) is 10.0 Å². The molecular weight excluding hydrogens is 321 g/mol. The van der Waals surface area contributed by atoms with Gasteiger partial charge >= 0.3 is 5.97 Å². The molecule has 0 aliphatic heterocycles. The second kappa shape index (κ2) is 5.91. The third kappa shape index (κ3) is 2.63. The fourth-order valence-electron chi connectivity index (χ4n) is 2.14. The van der Waals surface area contributed by atoms with Gasteiger partial charge in [-0.15, -0.1) is 12.4 Å². The van der Waals surface area contributed by atoms with Gasteiger partial charge in [0, 0.05) is 11.6 Å². The number of rotatable bonds is 3. The van der Waals surface area contributed by atoms with Crippen molar-refractivity contribution >= 4 is 34.3 Å². The van der Waals surface area contributed by atoms with Gasteiger partial charge in [0.25, 0.3) is 0 Å². The van der Waals surface area contributed by atoms with E-state index in [9.17, 15) is 9.90 Å². The minimum absolute atomic E-state index is 0. The summed E-state index contributed by atoms with van der Waals surface area (Å²) in [6.45, 7) is 0. The Morgan fingerprint density at radius 1 is 1.44 bits per heavy atom. The van der Waals surface area contributed by atoms with Gasteiger partial charge in [0.15, 0.2) is 0 Å². The predicted octanol–water partition coefficient (Wildman–Crippen LogP) is 3.07. The van der Waals surface area contributed by atoms with Crippen molar-refractivity contribution < 1.29 is 15.0 Å². The zero-order valence-corrected chi connectivity index (χ0v) is 12.0. The monoisotopic (exact) mass is 335 g/mol. The molecule has 4 nitrogen and oxygen atoms in total. The average Bonchev–Trinajstić information content (AvgIpc) is 2.18. The number of halogens is 2. The Bertz CT molecular complexity index is 463. The summed E-state index contributed by atoms with van der Waals surface area (Å²) < 4.78 is 0.479. The molecule has 0 amide bonds. The highest BCUT2D eigenvalue weighted by molar-refractivity contribution is 9.10. The van der Waals surface area contributed by atoms with E-state index in [1.807, 2.05) is 0 Å². The first-order valence-electron chi connectivity index (χ1n) is 5.52. The standard InChI is InChI=1S/C12H14BrNO3.ClH/c13-8-5-4-7(12(16)17)9(11(8)15)10(14)6-2-1-3-6;/h4-6,10,15H,1-3,14H2,(H,16,17);1H/t10-;/m0./s1. The Kier molecular flexibility index (Phi) is 5.01. The van der Waals surface area contributed by atoms with Gasteiger partial charge in [-0.3, -0.25) is 0 Å². The predicted molar refractivity (Wildman–Crippen MR) is 74.3 cm³/mol. The summed E-state index contributed by atoms with van der Waals surface area (Å²) in [6, 6.07) is 2.59. The molecule has 0 aromatic heterocycles.